The Balaban J connectivity index is 1.68. The molecule has 7 heteroatoms. The van der Waals surface area contributed by atoms with Gasteiger partial charge in [-0.1, -0.05) is 49.2 Å². The molecule has 0 radical (unpaired) electrons. The zero-order chi connectivity index (χ0) is 22.6. The molecule has 0 bridgehead atoms. The molecule has 32 heavy (non-hydrogen) atoms. The monoisotopic (exact) mass is 464 g/mol. The molecule has 2 N–H and O–H groups in total. The van der Waals surface area contributed by atoms with Crippen LogP contribution in [0.5, 0.6) is 0 Å². The van der Waals surface area contributed by atoms with Gasteiger partial charge in [0.15, 0.2) is 11.6 Å². The van der Waals surface area contributed by atoms with Gasteiger partial charge in [0.05, 0.1) is 20.7 Å². The first-order valence-electron chi connectivity index (χ1n) is 10.5. The average molecular weight is 465 g/mol. The molecule has 0 saturated carbocycles. The number of nitrogens with one attached hydrogen (secondary N) is 2. The summed E-state index contributed by atoms with van der Waals surface area (Å²) in [6.07, 6.45) is 3.39. The van der Waals surface area contributed by atoms with Crippen LogP contribution in [0, 0.1) is 0 Å². The fourth-order valence-corrected chi connectivity index (χ4v) is 4.57. The first-order chi connectivity index (χ1) is 15.4. The highest BCUT2D eigenvalue weighted by molar-refractivity contribution is 8.01. The normalized spacial score (nSPS) is 12.9. The SMILES string of the molecule is C=S(=O)(Nc1nc2ccccc2nc1Nc1ccc(CCCC)cc1)c1ccc(Cl)cc1. The smallest absolute Gasteiger partial charge is 0.181 e. The number of rotatable bonds is 8. The fraction of sp³-hybridized carbons (Fsp3) is 0.160. The summed E-state index contributed by atoms with van der Waals surface area (Å²) in [6, 6.07) is 22.6. The van der Waals surface area contributed by atoms with Gasteiger partial charge in [-0.05, 0) is 72.8 Å². The Morgan fingerprint density at radius 3 is 2.16 bits per heavy atom. The van der Waals surface area contributed by atoms with Crippen LogP contribution < -0.4 is 10.0 Å². The molecule has 5 nitrogen and oxygen atoms in total. The molecule has 1 unspecified atom stereocenters. The lowest BCUT2D eigenvalue weighted by atomic mass is 10.1. The Labute approximate surface area is 194 Å². The molecule has 4 rings (SSSR count). The number of halogens is 1. The van der Waals surface area contributed by atoms with Crippen molar-refractivity contribution in [3.8, 4) is 0 Å². The van der Waals surface area contributed by atoms with Gasteiger partial charge in [-0.2, -0.15) is 0 Å². The van der Waals surface area contributed by atoms with E-state index in [1.54, 1.807) is 24.3 Å². The third kappa shape index (κ3) is 5.21. The molecule has 0 aliphatic rings. The van der Waals surface area contributed by atoms with Crippen LogP contribution in [0.25, 0.3) is 11.0 Å². The van der Waals surface area contributed by atoms with Gasteiger partial charge in [0.1, 0.15) is 0 Å². The summed E-state index contributed by atoms with van der Waals surface area (Å²) in [7, 11) is -2.88. The second-order valence-electron chi connectivity index (χ2n) is 7.57. The maximum absolute atomic E-state index is 13.4. The summed E-state index contributed by atoms with van der Waals surface area (Å²) in [5, 5.41) is 3.89. The fourth-order valence-electron chi connectivity index (χ4n) is 3.30. The number of unbranched alkanes of at least 4 members (excludes halogenated alkanes) is 1. The molecule has 1 heterocycles. The predicted molar refractivity (Wildman–Crippen MR) is 136 cm³/mol. The number of aryl methyl sites for hydroxylation is 1. The van der Waals surface area contributed by atoms with E-state index >= 15 is 0 Å². The minimum atomic E-state index is -2.88. The second-order valence-corrected chi connectivity index (χ2v) is 10.0. The van der Waals surface area contributed by atoms with E-state index in [2.05, 4.69) is 39.9 Å². The van der Waals surface area contributed by atoms with Crippen LogP contribution in [0.3, 0.4) is 0 Å². The standard InChI is InChI=1S/C25H25ClN4OS/c1-3-4-7-18-10-14-20(15-11-18)27-24-25(29-23-9-6-5-8-22(23)28-24)30-32(2,31)21-16-12-19(26)13-17-21/h5-6,8-17H,2-4,7H2,1H3,(H,27,28)(H,29,30,31). The van der Waals surface area contributed by atoms with E-state index in [4.69, 9.17) is 16.6 Å². The van der Waals surface area contributed by atoms with E-state index in [-0.39, 0.29) is 0 Å². The zero-order valence-electron chi connectivity index (χ0n) is 17.8. The van der Waals surface area contributed by atoms with E-state index in [0.29, 0.717) is 27.1 Å². The molecule has 0 aliphatic heterocycles. The van der Waals surface area contributed by atoms with Crippen molar-refractivity contribution in [1.29, 1.82) is 0 Å². The lowest BCUT2D eigenvalue weighted by Gasteiger charge is -2.17. The van der Waals surface area contributed by atoms with E-state index in [0.717, 1.165) is 17.6 Å². The molecular formula is C25H25ClN4OS. The Morgan fingerprint density at radius 2 is 1.53 bits per heavy atom. The van der Waals surface area contributed by atoms with E-state index < -0.39 is 9.71 Å². The number of hydrogen-bond acceptors (Lipinski definition) is 4. The minimum absolute atomic E-state index is 0.369. The van der Waals surface area contributed by atoms with Crippen LogP contribution >= 0.6 is 11.6 Å². The zero-order valence-corrected chi connectivity index (χ0v) is 19.4. The van der Waals surface area contributed by atoms with E-state index in [9.17, 15) is 4.21 Å². The number of benzene rings is 3. The van der Waals surface area contributed by atoms with Crippen molar-refractivity contribution in [2.45, 2.75) is 31.1 Å². The molecule has 3 aromatic carbocycles. The molecule has 0 aliphatic carbocycles. The van der Waals surface area contributed by atoms with Crippen molar-refractivity contribution in [3.05, 3.63) is 83.4 Å². The summed E-state index contributed by atoms with van der Waals surface area (Å²) >= 11 is 5.98. The Morgan fingerprint density at radius 1 is 0.906 bits per heavy atom. The lowest BCUT2D eigenvalue weighted by molar-refractivity contribution is 0.684. The summed E-state index contributed by atoms with van der Waals surface area (Å²) in [5.74, 6) is 4.76. The first kappa shape index (κ1) is 22.1. The summed E-state index contributed by atoms with van der Waals surface area (Å²) in [5.41, 5.74) is 3.60. The number of fused-ring (bicyclic) bond motifs is 1. The summed E-state index contributed by atoms with van der Waals surface area (Å²) < 4.78 is 16.4. The van der Waals surface area contributed by atoms with Gasteiger partial charge in [-0.15, -0.1) is 0 Å². The van der Waals surface area contributed by atoms with Crippen molar-refractivity contribution in [3.63, 3.8) is 0 Å². The minimum Gasteiger partial charge on any atom is -0.337 e. The van der Waals surface area contributed by atoms with E-state index in [1.165, 1.54) is 18.4 Å². The topological polar surface area (TPSA) is 66.9 Å². The third-order valence-electron chi connectivity index (χ3n) is 5.06. The van der Waals surface area contributed by atoms with Crippen molar-refractivity contribution >= 4 is 55.5 Å². The van der Waals surface area contributed by atoms with Crippen LogP contribution in [-0.2, 0) is 16.1 Å². The van der Waals surface area contributed by atoms with Gasteiger partial charge in [0.2, 0.25) is 0 Å². The van der Waals surface area contributed by atoms with Gasteiger partial charge in [0.25, 0.3) is 0 Å². The number of anilines is 3. The van der Waals surface area contributed by atoms with E-state index in [1.807, 2.05) is 36.4 Å². The van der Waals surface area contributed by atoms with Crippen LogP contribution in [0.4, 0.5) is 17.3 Å². The maximum atomic E-state index is 13.4. The highest BCUT2D eigenvalue weighted by Gasteiger charge is 2.15. The van der Waals surface area contributed by atoms with Gasteiger partial charge >= 0.3 is 0 Å². The largest absolute Gasteiger partial charge is 0.337 e. The van der Waals surface area contributed by atoms with Gasteiger partial charge < -0.3 is 5.32 Å². The van der Waals surface area contributed by atoms with Gasteiger partial charge in [-0.3, -0.25) is 4.72 Å². The molecule has 164 valence electrons. The number of hydrogen-bond donors (Lipinski definition) is 2. The highest BCUT2D eigenvalue weighted by atomic mass is 35.5. The molecule has 1 aromatic heterocycles. The van der Waals surface area contributed by atoms with Crippen LogP contribution in [0.1, 0.15) is 25.3 Å². The number of aromatic nitrogens is 2. The van der Waals surface area contributed by atoms with Crippen molar-refractivity contribution in [2.75, 3.05) is 10.0 Å². The third-order valence-corrected chi connectivity index (χ3v) is 6.87. The van der Waals surface area contributed by atoms with Crippen molar-refractivity contribution < 1.29 is 4.21 Å². The number of para-hydroxylation sites is 2. The highest BCUT2D eigenvalue weighted by Crippen LogP contribution is 2.27. The number of nitrogens with zero attached hydrogens (tertiary/aromatic N) is 2. The second kappa shape index (κ2) is 9.59. The maximum Gasteiger partial charge on any atom is 0.181 e. The molecule has 4 aromatic rings. The van der Waals surface area contributed by atoms with Crippen molar-refractivity contribution in [1.82, 2.24) is 9.97 Å². The Kier molecular flexibility index (Phi) is 6.63. The van der Waals surface area contributed by atoms with Crippen LogP contribution in [0.2, 0.25) is 5.02 Å². The Hall–Kier alpha value is -3.09. The first-order valence-corrected chi connectivity index (χ1v) is 12.6. The predicted octanol–water partition coefficient (Wildman–Crippen LogP) is 6.47. The summed E-state index contributed by atoms with van der Waals surface area (Å²) in [4.78, 5) is 9.93. The molecular weight excluding hydrogens is 440 g/mol. The Bertz CT molecular complexity index is 1320. The lowest BCUT2D eigenvalue weighted by Crippen LogP contribution is -2.15. The van der Waals surface area contributed by atoms with Gasteiger partial charge in [0, 0.05) is 15.6 Å². The van der Waals surface area contributed by atoms with Crippen LogP contribution in [0.15, 0.2) is 77.7 Å². The van der Waals surface area contributed by atoms with Crippen molar-refractivity contribution in [2.24, 2.45) is 0 Å². The molecule has 0 fully saturated rings. The molecule has 0 saturated heterocycles. The average Bonchev–Trinajstić information content (AvgIpc) is 2.79. The molecule has 0 spiro atoms. The van der Waals surface area contributed by atoms with Crippen LogP contribution in [-0.4, -0.2) is 20.0 Å². The molecule has 1 atom stereocenters. The summed E-state index contributed by atoms with van der Waals surface area (Å²) in [6.45, 7) is 2.19. The van der Waals surface area contributed by atoms with Gasteiger partial charge in [-0.25, -0.2) is 14.2 Å². The quantitative estimate of drug-likeness (QED) is 0.293. The molecule has 0 amide bonds.